The Morgan fingerprint density at radius 2 is 2.21 bits per heavy atom. The van der Waals surface area contributed by atoms with Crippen LogP contribution in [0.5, 0.6) is 0 Å². The molecule has 1 aliphatic carbocycles. The van der Waals surface area contributed by atoms with Gasteiger partial charge in [0, 0.05) is 11.5 Å². The van der Waals surface area contributed by atoms with Crippen LogP contribution >= 0.6 is 15.9 Å². The second-order valence-electron chi connectivity index (χ2n) is 3.65. The van der Waals surface area contributed by atoms with Crippen LogP contribution < -0.4 is 0 Å². The molecule has 1 saturated carbocycles. The van der Waals surface area contributed by atoms with Gasteiger partial charge in [-0.3, -0.25) is 4.68 Å². The monoisotopic (exact) mass is 254 g/mol. The summed E-state index contributed by atoms with van der Waals surface area (Å²) in [5.41, 5.74) is 0.896. The number of benzene rings is 1. The molecule has 0 saturated heterocycles. The number of halogens is 2. The predicted octanol–water partition coefficient (Wildman–Crippen LogP) is 3.27. The SMILES string of the molecule is Fc1cc2c(cnn2C2CC2)cc1Br. The van der Waals surface area contributed by atoms with Gasteiger partial charge in [-0.25, -0.2) is 4.39 Å². The fourth-order valence-electron chi connectivity index (χ4n) is 1.65. The Morgan fingerprint density at radius 3 is 2.93 bits per heavy atom. The third-order valence-corrected chi connectivity index (χ3v) is 3.14. The second-order valence-corrected chi connectivity index (χ2v) is 4.50. The molecular formula is C10H8BrFN2. The van der Waals surface area contributed by atoms with Crippen LogP contribution in [0.2, 0.25) is 0 Å². The largest absolute Gasteiger partial charge is 0.262 e. The molecule has 72 valence electrons. The Labute approximate surface area is 88.8 Å². The smallest absolute Gasteiger partial charge is 0.139 e. The van der Waals surface area contributed by atoms with Crippen molar-refractivity contribution in [2.24, 2.45) is 0 Å². The highest BCUT2D eigenvalue weighted by molar-refractivity contribution is 9.10. The standard InChI is InChI=1S/C10H8BrFN2/c11-8-3-6-5-13-14(7-1-2-7)10(6)4-9(8)12/h3-5,7H,1-2H2. The van der Waals surface area contributed by atoms with Crippen LogP contribution in [0.1, 0.15) is 18.9 Å². The minimum absolute atomic E-state index is 0.222. The quantitative estimate of drug-likeness (QED) is 0.764. The highest BCUT2D eigenvalue weighted by Gasteiger charge is 2.26. The van der Waals surface area contributed by atoms with Crippen LogP contribution in [0.3, 0.4) is 0 Å². The van der Waals surface area contributed by atoms with E-state index in [1.807, 2.05) is 4.68 Å². The summed E-state index contributed by atoms with van der Waals surface area (Å²) in [5.74, 6) is -0.222. The molecular weight excluding hydrogens is 247 g/mol. The Balaban J connectivity index is 2.29. The first-order valence-corrected chi connectivity index (χ1v) is 5.37. The average Bonchev–Trinajstić information content (AvgIpc) is 2.91. The molecule has 1 aliphatic rings. The van der Waals surface area contributed by atoms with Gasteiger partial charge >= 0.3 is 0 Å². The summed E-state index contributed by atoms with van der Waals surface area (Å²) in [6, 6.07) is 3.81. The molecule has 0 bridgehead atoms. The van der Waals surface area contributed by atoms with Crippen LogP contribution in [-0.4, -0.2) is 9.78 Å². The van der Waals surface area contributed by atoms with Crippen LogP contribution in [0.25, 0.3) is 10.9 Å². The molecule has 0 radical (unpaired) electrons. The number of nitrogens with zero attached hydrogens (tertiary/aromatic N) is 2. The van der Waals surface area contributed by atoms with E-state index in [1.54, 1.807) is 18.3 Å². The lowest BCUT2D eigenvalue weighted by atomic mass is 10.2. The van der Waals surface area contributed by atoms with E-state index in [9.17, 15) is 4.39 Å². The lowest BCUT2D eigenvalue weighted by molar-refractivity contribution is 0.618. The topological polar surface area (TPSA) is 17.8 Å². The van der Waals surface area contributed by atoms with Crippen molar-refractivity contribution in [2.75, 3.05) is 0 Å². The Hall–Kier alpha value is -0.900. The van der Waals surface area contributed by atoms with E-state index >= 15 is 0 Å². The van der Waals surface area contributed by atoms with Crippen LogP contribution in [0.4, 0.5) is 4.39 Å². The predicted molar refractivity (Wildman–Crippen MR) is 55.7 cm³/mol. The fourth-order valence-corrected chi connectivity index (χ4v) is 2.01. The molecule has 14 heavy (non-hydrogen) atoms. The maximum Gasteiger partial charge on any atom is 0.139 e. The molecule has 2 nitrogen and oxygen atoms in total. The van der Waals surface area contributed by atoms with Crippen molar-refractivity contribution in [1.82, 2.24) is 9.78 Å². The van der Waals surface area contributed by atoms with Gasteiger partial charge in [0.2, 0.25) is 0 Å². The lowest BCUT2D eigenvalue weighted by Gasteiger charge is -2.00. The molecule has 0 aliphatic heterocycles. The summed E-state index contributed by atoms with van der Waals surface area (Å²) in [4.78, 5) is 0. The Bertz CT molecular complexity index is 502. The van der Waals surface area contributed by atoms with E-state index in [-0.39, 0.29) is 5.82 Å². The molecule has 0 spiro atoms. The normalized spacial score (nSPS) is 16.4. The van der Waals surface area contributed by atoms with E-state index in [1.165, 1.54) is 0 Å². The third-order valence-electron chi connectivity index (χ3n) is 2.53. The highest BCUT2D eigenvalue weighted by atomic mass is 79.9. The maximum atomic E-state index is 13.3. The summed E-state index contributed by atoms with van der Waals surface area (Å²) in [6.45, 7) is 0. The van der Waals surface area contributed by atoms with Crippen molar-refractivity contribution >= 4 is 26.8 Å². The van der Waals surface area contributed by atoms with Crippen molar-refractivity contribution in [2.45, 2.75) is 18.9 Å². The van der Waals surface area contributed by atoms with Gasteiger partial charge in [-0.1, -0.05) is 0 Å². The maximum absolute atomic E-state index is 13.3. The summed E-state index contributed by atoms with van der Waals surface area (Å²) in [5, 5.41) is 5.26. The summed E-state index contributed by atoms with van der Waals surface area (Å²) >= 11 is 3.17. The molecule has 0 amide bonds. The van der Waals surface area contributed by atoms with Gasteiger partial charge in [0.05, 0.1) is 22.2 Å². The van der Waals surface area contributed by atoms with E-state index < -0.39 is 0 Å². The van der Waals surface area contributed by atoms with Gasteiger partial charge in [-0.05, 0) is 34.8 Å². The fraction of sp³-hybridized carbons (Fsp3) is 0.300. The molecule has 3 rings (SSSR count). The number of hydrogen-bond acceptors (Lipinski definition) is 1. The van der Waals surface area contributed by atoms with Gasteiger partial charge in [0.15, 0.2) is 0 Å². The average molecular weight is 255 g/mol. The highest BCUT2D eigenvalue weighted by Crippen LogP contribution is 2.37. The summed E-state index contributed by atoms with van der Waals surface area (Å²) < 4.78 is 15.7. The molecule has 0 unspecified atom stereocenters. The van der Waals surface area contributed by atoms with Crippen LogP contribution in [0, 0.1) is 5.82 Å². The molecule has 1 aromatic heterocycles. The van der Waals surface area contributed by atoms with E-state index in [0.717, 1.165) is 23.7 Å². The second kappa shape index (κ2) is 2.79. The molecule has 1 fully saturated rings. The zero-order chi connectivity index (χ0) is 9.71. The molecule has 4 heteroatoms. The number of hydrogen-bond donors (Lipinski definition) is 0. The molecule has 2 aromatic rings. The van der Waals surface area contributed by atoms with Gasteiger partial charge < -0.3 is 0 Å². The minimum atomic E-state index is -0.222. The van der Waals surface area contributed by atoms with E-state index in [4.69, 9.17) is 0 Å². The molecule has 1 aromatic carbocycles. The molecule has 1 heterocycles. The molecule has 0 atom stereocenters. The van der Waals surface area contributed by atoms with Gasteiger partial charge in [0.25, 0.3) is 0 Å². The van der Waals surface area contributed by atoms with Gasteiger partial charge in [-0.2, -0.15) is 5.10 Å². The van der Waals surface area contributed by atoms with Crippen molar-refractivity contribution in [1.29, 1.82) is 0 Å². The zero-order valence-corrected chi connectivity index (χ0v) is 8.96. The number of rotatable bonds is 1. The zero-order valence-electron chi connectivity index (χ0n) is 7.37. The van der Waals surface area contributed by atoms with Gasteiger partial charge in [0.1, 0.15) is 5.82 Å². The van der Waals surface area contributed by atoms with Crippen LogP contribution in [0.15, 0.2) is 22.8 Å². The first-order chi connectivity index (χ1) is 6.75. The van der Waals surface area contributed by atoms with Crippen molar-refractivity contribution in [3.8, 4) is 0 Å². The van der Waals surface area contributed by atoms with Crippen molar-refractivity contribution < 1.29 is 4.39 Å². The Morgan fingerprint density at radius 1 is 1.43 bits per heavy atom. The van der Waals surface area contributed by atoms with Crippen molar-refractivity contribution in [3.05, 3.63) is 28.6 Å². The number of fused-ring (bicyclic) bond motifs is 1. The Kier molecular flexibility index (Phi) is 1.68. The minimum Gasteiger partial charge on any atom is -0.262 e. The first kappa shape index (κ1) is 8.41. The third kappa shape index (κ3) is 1.17. The number of aromatic nitrogens is 2. The first-order valence-electron chi connectivity index (χ1n) is 4.58. The summed E-state index contributed by atoms with van der Waals surface area (Å²) in [6.07, 6.45) is 4.11. The molecule has 0 N–H and O–H groups in total. The van der Waals surface area contributed by atoms with Crippen LogP contribution in [-0.2, 0) is 0 Å². The lowest BCUT2D eigenvalue weighted by Crippen LogP contribution is -1.95. The van der Waals surface area contributed by atoms with Crippen molar-refractivity contribution in [3.63, 3.8) is 0 Å². The van der Waals surface area contributed by atoms with Gasteiger partial charge in [-0.15, -0.1) is 0 Å². The van der Waals surface area contributed by atoms with E-state index in [0.29, 0.717) is 10.5 Å². The van der Waals surface area contributed by atoms with E-state index in [2.05, 4.69) is 21.0 Å². The summed E-state index contributed by atoms with van der Waals surface area (Å²) in [7, 11) is 0.